The molecule has 0 amide bonds. The number of imidazole rings is 1. The summed E-state index contributed by atoms with van der Waals surface area (Å²) in [5.74, 6) is 2.51. The van der Waals surface area contributed by atoms with E-state index in [1.165, 1.54) is 25.0 Å². The highest BCUT2D eigenvalue weighted by Gasteiger charge is 2.22. The van der Waals surface area contributed by atoms with Crippen LogP contribution in [0.2, 0.25) is 0 Å². The average molecular weight is 444 g/mol. The molecule has 1 saturated heterocycles. The zero-order valence-corrected chi connectivity index (χ0v) is 18.8. The highest BCUT2D eigenvalue weighted by Crippen LogP contribution is 2.25. The van der Waals surface area contributed by atoms with E-state index in [1.807, 2.05) is 42.6 Å². The smallest absolute Gasteiger partial charge is 0.125 e. The number of hydrogen-bond donors (Lipinski definition) is 1. The summed E-state index contributed by atoms with van der Waals surface area (Å²) in [5.41, 5.74) is 3.28. The van der Waals surface area contributed by atoms with E-state index in [9.17, 15) is 4.39 Å². The van der Waals surface area contributed by atoms with E-state index in [0.29, 0.717) is 12.5 Å². The quantitative estimate of drug-likeness (QED) is 0.417. The number of para-hydroxylation sites is 2. The number of nitrogens with zero attached hydrogens (tertiary/aromatic N) is 4. The first kappa shape index (κ1) is 21.6. The Morgan fingerprint density at radius 1 is 0.939 bits per heavy atom. The van der Waals surface area contributed by atoms with Crippen LogP contribution < -0.4 is 5.32 Å². The summed E-state index contributed by atoms with van der Waals surface area (Å²) in [4.78, 5) is 11.8. The van der Waals surface area contributed by atoms with Crippen LogP contribution in [0.5, 0.6) is 0 Å². The fraction of sp³-hybridized carbons (Fsp3) is 0.333. The molecular weight excluding hydrogens is 413 g/mol. The number of anilines is 1. The van der Waals surface area contributed by atoms with E-state index >= 15 is 0 Å². The summed E-state index contributed by atoms with van der Waals surface area (Å²) in [7, 11) is 0. The van der Waals surface area contributed by atoms with Crippen LogP contribution in [-0.4, -0.2) is 45.6 Å². The van der Waals surface area contributed by atoms with Crippen molar-refractivity contribution in [3.63, 3.8) is 0 Å². The molecular formula is C27H30FN5. The van der Waals surface area contributed by atoms with Crippen LogP contribution in [0.25, 0.3) is 11.0 Å². The predicted molar refractivity (Wildman–Crippen MR) is 131 cm³/mol. The van der Waals surface area contributed by atoms with Crippen molar-refractivity contribution in [1.29, 1.82) is 0 Å². The summed E-state index contributed by atoms with van der Waals surface area (Å²) in [6.45, 7) is 4.90. The van der Waals surface area contributed by atoms with Gasteiger partial charge in [-0.15, -0.1) is 0 Å². The summed E-state index contributed by atoms with van der Waals surface area (Å²) < 4.78 is 15.7. The molecule has 1 fully saturated rings. The zero-order valence-electron chi connectivity index (χ0n) is 18.8. The Kier molecular flexibility index (Phi) is 6.63. The number of hydrogen-bond acceptors (Lipinski definition) is 4. The monoisotopic (exact) mass is 443 g/mol. The van der Waals surface area contributed by atoms with E-state index in [-0.39, 0.29) is 5.82 Å². The van der Waals surface area contributed by atoms with Crippen molar-refractivity contribution in [2.45, 2.75) is 25.8 Å². The van der Waals surface area contributed by atoms with Gasteiger partial charge >= 0.3 is 0 Å². The van der Waals surface area contributed by atoms with Crippen molar-refractivity contribution in [1.82, 2.24) is 19.4 Å². The minimum atomic E-state index is -0.198. The first-order chi connectivity index (χ1) is 16.2. The molecule has 0 spiro atoms. The lowest BCUT2D eigenvalue weighted by Crippen LogP contribution is -2.37. The molecule has 33 heavy (non-hydrogen) atoms. The Hall–Kier alpha value is -3.25. The first-order valence-electron chi connectivity index (χ1n) is 11.8. The number of benzene rings is 2. The SMILES string of the molecule is Fc1ccc(Cn2c(CC3CCN(CCNc4ccccn4)CC3)nc3ccccc32)cc1. The second-order valence-electron chi connectivity index (χ2n) is 8.86. The number of pyridine rings is 1. The molecule has 1 N–H and O–H groups in total. The van der Waals surface area contributed by atoms with Crippen molar-refractivity contribution in [3.05, 3.63) is 90.1 Å². The molecule has 0 atom stereocenters. The second kappa shape index (κ2) is 10.1. The van der Waals surface area contributed by atoms with Crippen molar-refractivity contribution in [3.8, 4) is 0 Å². The lowest BCUT2D eigenvalue weighted by Gasteiger charge is -2.32. The summed E-state index contributed by atoms with van der Waals surface area (Å²) in [6.07, 6.45) is 5.17. The maximum absolute atomic E-state index is 13.4. The Morgan fingerprint density at radius 3 is 2.52 bits per heavy atom. The van der Waals surface area contributed by atoms with Gasteiger partial charge in [0.15, 0.2) is 0 Å². The molecule has 5 nitrogen and oxygen atoms in total. The zero-order chi connectivity index (χ0) is 22.5. The largest absolute Gasteiger partial charge is 0.369 e. The molecule has 1 aliphatic rings. The van der Waals surface area contributed by atoms with Gasteiger partial charge in [-0.25, -0.2) is 14.4 Å². The third kappa shape index (κ3) is 5.40. The minimum absolute atomic E-state index is 0.198. The maximum atomic E-state index is 13.4. The predicted octanol–water partition coefficient (Wildman–Crippen LogP) is 4.99. The lowest BCUT2D eigenvalue weighted by atomic mass is 9.93. The van der Waals surface area contributed by atoms with Crippen molar-refractivity contribution in [2.75, 3.05) is 31.5 Å². The number of aromatic nitrogens is 3. The molecule has 0 bridgehead atoms. The third-order valence-corrected chi connectivity index (χ3v) is 6.56. The highest BCUT2D eigenvalue weighted by atomic mass is 19.1. The van der Waals surface area contributed by atoms with Gasteiger partial charge in [0.2, 0.25) is 0 Å². The fourth-order valence-corrected chi connectivity index (χ4v) is 4.71. The topological polar surface area (TPSA) is 46.0 Å². The summed E-state index contributed by atoms with van der Waals surface area (Å²) in [5, 5.41) is 3.40. The van der Waals surface area contributed by atoms with Gasteiger partial charge in [0.1, 0.15) is 17.5 Å². The van der Waals surface area contributed by atoms with E-state index in [1.54, 1.807) is 0 Å². The van der Waals surface area contributed by atoms with Crippen molar-refractivity contribution >= 4 is 16.9 Å². The number of nitrogens with one attached hydrogen (secondary N) is 1. The number of piperidine rings is 1. The molecule has 0 saturated carbocycles. The first-order valence-corrected chi connectivity index (χ1v) is 11.8. The normalized spacial score (nSPS) is 15.2. The average Bonchev–Trinajstić information content (AvgIpc) is 3.19. The highest BCUT2D eigenvalue weighted by molar-refractivity contribution is 5.76. The summed E-state index contributed by atoms with van der Waals surface area (Å²) >= 11 is 0. The van der Waals surface area contributed by atoms with Crippen LogP contribution >= 0.6 is 0 Å². The lowest BCUT2D eigenvalue weighted by molar-refractivity contribution is 0.188. The van der Waals surface area contributed by atoms with Gasteiger partial charge in [-0.3, -0.25) is 0 Å². The van der Waals surface area contributed by atoms with E-state index < -0.39 is 0 Å². The molecule has 170 valence electrons. The second-order valence-corrected chi connectivity index (χ2v) is 8.86. The maximum Gasteiger partial charge on any atom is 0.125 e. The fourth-order valence-electron chi connectivity index (χ4n) is 4.71. The minimum Gasteiger partial charge on any atom is -0.369 e. The molecule has 0 unspecified atom stereocenters. The number of rotatable bonds is 8. The van der Waals surface area contributed by atoms with Crippen LogP contribution in [0.4, 0.5) is 10.2 Å². The van der Waals surface area contributed by atoms with Gasteiger partial charge in [0, 0.05) is 32.3 Å². The standard InChI is InChI=1S/C27H30FN5/c28-23-10-8-22(9-11-23)20-33-25-6-2-1-5-24(25)31-27(33)19-21-12-16-32(17-13-21)18-15-30-26-7-3-4-14-29-26/h1-11,14,21H,12-13,15-20H2,(H,29,30). The van der Waals surface area contributed by atoms with Crippen LogP contribution in [0, 0.1) is 11.7 Å². The molecule has 2 aromatic heterocycles. The Bertz CT molecular complexity index is 1160. The van der Waals surface area contributed by atoms with Crippen LogP contribution in [-0.2, 0) is 13.0 Å². The van der Waals surface area contributed by atoms with Crippen LogP contribution in [0.15, 0.2) is 72.9 Å². The molecule has 3 heterocycles. The molecule has 2 aromatic carbocycles. The van der Waals surface area contributed by atoms with Crippen molar-refractivity contribution in [2.24, 2.45) is 5.92 Å². The molecule has 4 aromatic rings. The molecule has 0 radical (unpaired) electrons. The van der Waals surface area contributed by atoms with Crippen LogP contribution in [0.3, 0.4) is 0 Å². The third-order valence-electron chi connectivity index (χ3n) is 6.56. The van der Waals surface area contributed by atoms with Gasteiger partial charge < -0.3 is 14.8 Å². The van der Waals surface area contributed by atoms with Gasteiger partial charge in [-0.05, 0) is 73.8 Å². The number of likely N-dealkylation sites (tertiary alicyclic amines) is 1. The number of halogens is 1. The van der Waals surface area contributed by atoms with E-state index in [2.05, 4.69) is 38.0 Å². The van der Waals surface area contributed by atoms with Gasteiger partial charge in [0.05, 0.1) is 11.0 Å². The number of fused-ring (bicyclic) bond motifs is 1. The van der Waals surface area contributed by atoms with Crippen molar-refractivity contribution < 1.29 is 4.39 Å². The van der Waals surface area contributed by atoms with Gasteiger partial charge in [-0.2, -0.15) is 0 Å². The van der Waals surface area contributed by atoms with E-state index in [4.69, 9.17) is 4.98 Å². The van der Waals surface area contributed by atoms with E-state index in [0.717, 1.165) is 60.8 Å². The van der Waals surface area contributed by atoms with Gasteiger partial charge in [0.25, 0.3) is 0 Å². The Balaban J connectivity index is 1.20. The molecule has 5 rings (SSSR count). The van der Waals surface area contributed by atoms with Crippen LogP contribution in [0.1, 0.15) is 24.2 Å². The molecule has 6 heteroatoms. The summed E-state index contributed by atoms with van der Waals surface area (Å²) in [6, 6.07) is 21.1. The Labute approximate surface area is 194 Å². The Morgan fingerprint density at radius 2 is 1.73 bits per heavy atom. The molecule has 0 aliphatic carbocycles. The molecule has 1 aliphatic heterocycles. The van der Waals surface area contributed by atoms with Gasteiger partial charge in [-0.1, -0.05) is 30.3 Å².